The van der Waals surface area contributed by atoms with Crippen LogP contribution in [0.15, 0.2) is 71.8 Å². The van der Waals surface area contributed by atoms with Gasteiger partial charge in [0.25, 0.3) is 0 Å². The third-order valence-electron chi connectivity index (χ3n) is 3.46. The maximum atomic E-state index is 12.8. The van der Waals surface area contributed by atoms with Crippen LogP contribution in [0.5, 0.6) is 0 Å². The Morgan fingerprint density at radius 3 is 2.40 bits per heavy atom. The lowest BCUT2D eigenvalue weighted by Gasteiger charge is -2.05. The zero-order valence-corrected chi connectivity index (χ0v) is 14.2. The van der Waals surface area contributed by atoms with Gasteiger partial charge in [-0.05, 0) is 29.8 Å². The number of aromatic nitrogens is 2. The third kappa shape index (κ3) is 5.12. The Morgan fingerprint density at radius 2 is 1.72 bits per heavy atom. The number of carbonyl (C=O) groups excluding carboxylic acids is 1. The van der Waals surface area contributed by atoms with Crippen LogP contribution >= 0.6 is 11.8 Å². The lowest BCUT2D eigenvalue weighted by molar-refractivity contribution is -0.118. The second-order valence-electron chi connectivity index (χ2n) is 5.31. The van der Waals surface area contributed by atoms with Crippen LogP contribution in [0, 0.1) is 5.82 Å². The summed E-state index contributed by atoms with van der Waals surface area (Å²) < 4.78 is 12.8. The van der Waals surface area contributed by atoms with Crippen molar-refractivity contribution in [1.82, 2.24) is 15.5 Å². The first kappa shape index (κ1) is 17.1. The van der Waals surface area contributed by atoms with E-state index in [0.717, 1.165) is 16.8 Å². The Balaban J connectivity index is 1.48. The van der Waals surface area contributed by atoms with Gasteiger partial charge in [0.15, 0.2) is 0 Å². The van der Waals surface area contributed by atoms with Crippen molar-refractivity contribution in [2.24, 2.45) is 0 Å². The minimum absolute atomic E-state index is 0.108. The highest BCUT2D eigenvalue weighted by Crippen LogP contribution is 2.19. The average molecular weight is 353 g/mol. The number of hydrogen-bond acceptors (Lipinski definition) is 4. The number of hydrogen-bond donors (Lipinski definition) is 1. The van der Waals surface area contributed by atoms with E-state index in [1.165, 1.54) is 23.9 Å². The second kappa shape index (κ2) is 8.39. The average Bonchev–Trinajstić information content (AvgIpc) is 2.67. The highest BCUT2D eigenvalue weighted by Gasteiger charge is 2.06. The molecule has 3 aromatic rings. The number of thioether (sulfide) groups is 1. The van der Waals surface area contributed by atoms with Crippen LogP contribution in [0.4, 0.5) is 4.39 Å². The molecule has 126 valence electrons. The molecule has 1 heterocycles. The highest BCUT2D eigenvalue weighted by molar-refractivity contribution is 7.99. The van der Waals surface area contributed by atoms with Gasteiger partial charge in [0.1, 0.15) is 10.8 Å². The Morgan fingerprint density at radius 1 is 0.960 bits per heavy atom. The van der Waals surface area contributed by atoms with Gasteiger partial charge in [0, 0.05) is 12.1 Å². The number of nitrogens with one attached hydrogen (secondary N) is 1. The summed E-state index contributed by atoms with van der Waals surface area (Å²) in [5, 5.41) is 11.8. The van der Waals surface area contributed by atoms with Crippen LogP contribution in [0.3, 0.4) is 0 Å². The lowest BCUT2D eigenvalue weighted by Crippen LogP contribution is -2.24. The van der Waals surface area contributed by atoms with Gasteiger partial charge in [-0.3, -0.25) is 4.79 Å². The van der Waals surface area contributed by atoms with Gasteiger partial charge in [-0.2, -0.15) is 0 Å². The summed E-state index contributed by atoms with van der Waals surface area (Å²) in [4.78, 5) is 11.9. The Labute approximate surface area is 149 Å². The second-order valence-corrected chi connectivity index (χ2v) is 6.31. The van der Waals surface area contributed by atoms with E-state index in [2.05, 4.69) is 15.5 Å². The van der Waals surface area contributed by atoms with Crippen LogP contribution in [-0.2, 0) is 11.3 Å². The number of amides is 1. The van der Waals surface area contributed by atoms with Crippen molar-refractivity contribution in [3.05, 3.63) is 78.1 Å². The summed E-state index contributed by atoms with van der Waals surface area (Å²) in [5.41, 5.74) is 2.65. The molecule has 0 atom stereocenters. The molecule has 6 heteroatoms. The summed E-state index contributed by atoms with van der Waals surface area (Å²) in [7, 11) is 0. The fourth-order valence-corrected chi connectivity index (χ4v) is 2.80. The largest absolute Gasteiger partial charge is 0.351 e. The first-order valence-electron chi connectivity index (χ1n) is 7.74. The molecule has 0 saturated carbocycles. The van der Waals surface area contributed by atoms with E-state index < -0.39 is 0 Å². The molecule has 0 aliphatic heterocycles. The van der Waals surface area contributed by atoms with E-state index in [1.807, 2.05) is 42.5 Å². The number of halogens is 1. The molecule has 0 radical (unpaired) electrons. The van der Waals surface area contributed by atoms with Crippen LogP contribution in [0.25, 0.3) is 11.3 Å². The fraction of sp³-hybridized carbons (Fsp3) is 0.105. The molecule has 0 fully saturated rings. The van der Waals surface area contributed by atoms with Crippen LogP contribution < -0.4 is 5.32 Å². The van der Waals surface area contributed by atoms with Gasteiger partial charge in [0.05, 0.1) is 11.4 Å². The summed E-state index contributed by atoms with van der Waals surface area (Å²) in [5.74, 6) is -0.146. The number of rotatable bonds is 6. The molecule has 1 N–H and O–H groups in total. The van der Waals surface area contributed by atoms with E-state index in [9.17, 15) is 9.18 Å². The van der Waals surface area contributed by atoms with Crippen LogP contribution in [0.2, 0.25) is 0 Å². The zero-order chi connectivity index (χ0) is 17.5. The molecule has 25 heavy (non-hydrogen) atoms. The maximum absolute atomic E-state index is 12.8. The van der Waals surface area contributed by atoms with Crippen molar-refractivity contribution >= 4 is 17.7 Å². The molecule has 3 rings (SSSR count). The molecule has 0 spiro atoms. The fourth-order valence-electron chi connectivity index (χ4n) is 2.15. The molecule has 0 saturated heterocycles. The molecule has 1 aromatic heterocycles. The highest BCUT2D eigenvalue weighted by atomic mass is 32.2. The van der Waals surface area contributed by atoms with E-state index in [1.54, 1.807) is 12.1 Å². The minimum atomic E-state index is -0.289. The smallest absolute Gasteiger partial charge is 0.230 e. The predicted octanol–water partition coefficient (Wildman–Crippen LogP) is 3.69. The van der Waals surface area contributed by atoms with Gasteiger partial charge in [0.2, 0.25) is 5.91 Å². The van der Waals surface area contributed by atoms with Crippen molar-refractivity contribution in [1.29, 1.82) is 0 Å². The maximum Gasteiger partial charge on any atom is 0.230 e. The molecule has 0 bridgehead atoms. The molecular weight excluding hydrogens is 337 g/mol. The summed E-state index contributed by atoms with van der Waals surface area (Å²) in [6, 6.07) is 19.6. The standard InChI is InChI=1S/C19H16FN3OS/c20-16-8-6-14(7-9-16)12-21-18(24)13-25-19-11-10-17(22-23-19)15-4-2-1-3-5-15/h1-11H,12-13H2,(H,21,24). The zero-order valence-electron chi connectivity index (χ0n) is 13.4. The molecule has 0 aliphatic carbocycles. The van der Waals surface area contributed by atoms with Gasteiger partial charge in [-0.25, -0.2) is 4.39 Å². The van der Waals surface area contributed by atoms with Crippen molar-refractivity contribution in [2.45, 2.75) is 11.6 Å². The van der Waals surface area contributed by atoms with E-state index in [0.29, 0.717) is 11.6 Å². The van der Waals surface area contributed by atoms with Crippen molar-refractivity contribution < 1.29 is 9.18 Å². The molecule has 0 unspecified atom stereocenters. The van der Waals surface area contributed by atoms with Gasteiger partial charge in [-0.15, -0.1) is 10.2 Å². The molecule has 1 amide bonds. The quantitative estimate of drug-likeness (QED) is 0.687. The first-order valence-corrected chi connectivity index (χ1v) is 8.72. The summed E-state index contributed by atoms with van der Waals surface area (Å²) >= 11 is 1.32. The van der Waals surface area contributed by atoms with Crippen LogP contribution in [-0.4, -0.2) is 21.9 Å². The minimum Gasteiger partial charge on any atom is -0.351 e. The molecular formula is C19H16FN3OS. The van der Waals surface area contributed by atoms with E-state index >= 15 is 0 Å². The van der Waals surface area contributed by atoms with E-state index in [-0.39, 0.29) is 17.5 Å². The monoisotopic (exact) mass is 353 g/mol. The lowest BCUT2D eigenvalue weighted by atomic mass is 10.1. The summed E-state index contributed by atoms with van der Waals surface area (Å²) in [6.07, 6.45) is 0. The molecule has 4 nitrogen and oxygen atoms in total. The van der Waals surface area contributed by atoms with Crippen molar-refractivity contribution in [3.63, 3.8) is 0 Å². The number of nitrogens with zero attached hydrogens (tertiary/aromatic N) is 2. The topological polar surface area (TPSA) is 54.9 Å². The van der Waals surface area contributed by atoms with Crippen LogP contribution in [0.1, 0.15) is 5.56 Å². The number of benzene rings is 2. The Kier molecular flexibility index (Phi) is 5.74. The molecule has 0 aliphatic rings. The Bertz CT molecular complexity index is 824. The van der Waals surface area contributed by atoms with Gasteiger partial charge < -0.3 is 5.32 Å². The Hall–Kier alpha value is -2.73. The first-order chi connectivity index (χ1) is 12.2. The van der Waals surface area contributed by atoms with Gasteiger partial charge >= 0.3 is 0 Å². The number of carbonyl (C=O) groups is 1. The molecule has 2 aromatic carbocycles. The third-order valence-corrected chi connectivity index (χ3v) is 4.38. The van der Waals surface area contributed by atoms with Crippen molar-refractivity contribution in [2.75, 3.05) is 5.75 Å². The normalized spacial score (nSPS) is 10.4. The SMILES string of the molecule is O=C(CSc1ccc(-c2ccccc2)nn1)NCc1ccc(F)cc1. The predicted molar refractivity (Wildman–Crippen MR) is 96.4 cm³/mol. The summed E-state index contributed by atoms with van der Waals surface area (Å²) in [6.45, 7) is 0.373. The van der Waals surface area contributed by atoms with Gasteiger partial charge in [-0.1, -0.05) is 54.2 Å². The van der Waals surface area contributed by atoms with Crippen molar-refractivity contribution in [3.8, 4) is 11.3 Å². The van der Waals surface area contributed by atoms with E-state index in [4.69, 9.17) is 0 Å².